The van der Waals surface area contributed by atoms with Gasteiger partial charge in [0.15, 0.2) is 5.78 Å². The van der Waals surface area contributed by atoms with Gasteiger partial charge in [0.2, 0.25) is 5.88 Å². The first kappa shape index (κ1) is 21.9. The molecule has 1 heterocycles. The zero-order valence-electron chi connectivity index (χ0n) is 16.7. The molecule has 7 nitrogen and oxygen atoms in total. The number of Topliss-reactive ketones (excluding diaryl/α,β-unsaturated/α-hetero) is 1. The third-order valence-corrected chi connectivity index (χ3v) is 6.46. The number of ether oxygens (including phenoxy) is 2. The highest BCUT2D eigenvalue weighted by Gasteiger charge is 2.68. The van der Waals surface area contributed by atoms with Crippen LogP contribution in [0.4, 0.5) is 0 Å². The van der Waals surface area contributed by atoms with Crippen molar-refractivity contribution in [1.29, 1.82) is 0 Å². The predicted octanol–water partition coefficient (Wildman–Crippen LogP) is 3.45. The largest absolute Gasteiger partial charge is 0.486 e. The predicted molar refractivity (Wildman–Crippen MR) is 115 cm³/mol. The highest BCUT2D eigenvalue weighted by molar-refractivity contribution is 6.42. The van der Waals surface area contributed by atoms with Crippen LogP contribution in [0.1, 0.15) is 36.0 Å². The van der Waals surface area contributed by atoms with Crippen molar-refractivity contribution in [3.8, 4) is 11.6 Å². The Labute approximate surface area is 189 Å². The number of nitrogens with one attached hydrogen (secondary N) is 1. The second kappa shape index (κ2) is 8.65. The summed E-state index contributed by atoms with van der Waals surface area (Å²) >= 11 is 11.8. The first-order valence-electron chi connectivity index (χ1n) is 9.94. The van der Waals surface area contributed by atoms with Gasteiger partial charge in [-0.05, 0) is 42.9 Å². The number of amides is 1. The first-order chi connectivity index (χ1) is 14.8. The number of nitrogens with zero attached hydrogens (tertiary/aromatic N) is 1. The number of halogens is 2. The van der Waals surface area contributed by atoms with Crippen molar-refractivity contribution in [3.05, 3.63) is 52.1 Å². The zero-order valence-corrected chi connectivity index (χ0v) is 18.2. The maximum Gasteiger partial charge on any atom is 0.253 e. The molecular formula is C22H22Cl2N2O5. The fourth-order valence-electron chi connectivity index (χ4n) is 4.58. The maximum atomic E-state index is 12.5. The van der Waals surface area contributed by atoms with Crippen LogP contribution in [0, 0.1) is 5.41 Å². The van der Waals surface area contributed by atoms with E-state index in [1.165, 1.54) is 6.20 Å². The lowest BCUT2D eigenvalue weighted by Crippen LogP contribution is -2.75. The maximum absolute atomic E-state index is 12.5. The smallest absolute Gasteiger partial charge is 0.253 e. The first-order valence-corrected chi connectivity index (χ1v) is 10.7. The van der Waals surface area contributed by atoms with E-state index in [1.807, 2.05) is 0 Å². The number of benzene rings is 1. The lowest BCUT2D eigenvalue weighted by molar-refractivity contribution is -0.162. The molecule has 0 radical (unpaired) electrons. The summed E-state index contributed by atoms with van der Waals surface area (Å²) in [6.07, 6.45) is 4.25. The summed E-state index contributed by atoms with van der Waals surface area (Å²) in [6, 6.07) is 8.12. The number of carbonyl (C=O) groups excluding carboxylic acids is 2. The quantitative estimate of drug-likeness (QED) is 0.558. The van der Waals surface area contributed by atoms with Crippen LogP contribution in [0.5, 0.6) is 11.6 Å². The van der Waals surface area contributed by atoms with Gasteiger partial charge in [0.25, 0.3) is 5.91 Å². The van der Waals surface area contributed by atoms with E-state index < -0.39 is 0 Å². The zero-order chi connectivity index (χ0) is 22.1. The highest BCUT2D eigenvalue weighted by Crippen LogP contribution is 2.69. The van der Waals surface area contributed by atoms with Gasteiger partial charge in [-0.25, -0.2) is 4.98 Å². The molecule has 2 bridgehead atoms. The van der Waals surface area contributed by atoms with Crippen LogP contribution in [0.3, 0.4) is 0 Å². The minimum Gasteiger partial charge on any atom is -0.486 e. The lowest BCUT2D eigenvalue weighted by Gasteiger charge is -2.70. The van der Waals surface area contributed by atoms with E-state index in [9.17, 15) is 9.59 Å². The Morgan fingerprint density at radius 3 is 2.52 bits per heavy atom. The molecule has 0 aliphatic heterocycles. The van der Waals surface area contributed by atoms with Crippen LogP contribution in [0.15, 0.2) is 36.5 Å². The Hall–Kier alpha value is -2.35. The van der Waals surface area contributed by atoms with E-state index in [0.29, 0.717) is 33.7 Å². The number of rotatable bonds is 10. The molecule has 2 aromatic rings. The Morgan fingerprint density at radius 1 is 1.10 bits per heavy atom. The number of carbonyl (C=O) groups is 2. The molecule has 1 aromatic carbocycles. The fraction of sp³-hybridized carbons (Fsp3) is 0.409. The van der Waals surface area contributed by atoms with Crippen LogP contribution in [-0.4, -0.2) is 47.1 Å². The number of aliphatic hydroxyl groups excluding tert-OH is 1. The summed E-state index contributed by atoms with van der Waals surface area (Å²) < 4.78 is 10.7. The van der Waals surface area contributed by atoms with E-state index in [0.717, 1.165) is 19.3 Å². The van der Waals surface area contributed by atoms with E-state index in [-0.39, 0.29) is 42.5 Å². The molecule has 31 heavy (non-hydrogen) atoms. The van der Waals surface area contributed by atoms with Crippen molar-refractivity contribution < 1.29 is 24.2 Å². The molecular weight excluding hydrogens is 443 g/mol. The molecule has 3 fully saturated rings. The summed E-state index contributed by atoms with van der Waals surface area (Å²) in [6.45, 7) is 0.0364. The molecule has 164 valence electrons. The summed E-state index contributed by atoms with van der Waals surface area (Å²) in [7, 11) is 0. The molecule has 1 amide bonds. The monoisotopic (exact) mass is 464 g/mol. The molecule has 1 aromatic heterocycles. The second-order valence-electron chi connectivity index (χ2n) is 8.30. The highest BCUT2D eigenvalue weighted by atomic mass is 35.5. The Balaban J connectivity index is 1.21. The van der Waals surface area contributed by atoms with Crippen LogP contribution in [0.25, 0.3) is 0 Å². The summed E-state index contributed by atoms with van der Waals surface area (Å²) in [5.41, 5.74) is 0.181. The van der Waals surface area contributed by atoms with Crippen molar-refractivity contribution in [1.82, 2.24) is 10.3 Å². The number of hydrogen-bond acceptors (Lipinski definition) is 6. The SMILES string of the molecule is O=C(COc1ccc(Cl)c(Cl)c1)CC12CC(NC(=O)c3ccc(OCCO)nc3)(C1)C2. The third-order valence-electron chi connectivity index (χ3n) is 5.72. The molecule has 5 rings (SSSR count). The van der Waals surface area contributed by atoms with E-state index in [4.69, 9.17) is 37.8 Å². The fourth-order valence-corrected chi connectivity index (χ4v) is 4.87. The summed E-state index contributed by atoms with van der Waals surface area (Å²) in [4.78, 5) is 28.9. The van der Waals surface area contributed by atoms with Crippen molar-refractivity contribution >= 4 is 34.9 Å². The minimum absolute atomic E-state index is 0.0184. The second-order valence-corrected chi connectivity index (χ2v) is 9.12. The number of ketones is 1. The molecule has 3 aliphatic carbocycles. The molecule has 0 atom stereocenters. The topological polar surface area (TPSA) is 97.8 Å². The summed E-state index contributed by atoms with van der Waals surface area (Å²) in [5.74, 6) is 0.694. The van der Waals surface area contributed by atoms with Crippen molar-refractivity contribution in [2.45, 2.75) is 31.2 Å². The van der Waals surface area contributed by atoms with Gasteiger partial charge < -0.3 is 19.9 Å². The molecule has 2 N–H and O–H groups in total. The van der Waals surface area contributed by atoms with Crippen LogP contribution in [0.2, 0.25) is 10.0 Å². The number of aromatic nitrogens is 1. The molecule has 3 saturated carbocycles. The van der Waals surface area contributed by atoms with E-state index in [1.54, 1.807) is 30.3 Å². The Morgan fingerprint density at radius 2 is 1.87 bits per heavy atom. The van der Waals surface area contributed by atoms with Gasteiger partial charge in [-0.15, -0.1) is 0 Å². The van der Waals surface area contributed by atoms with E-state index in [2.05, 4.69) is 10.3 Å². The van der Waals surface area contributed by atoms with Gasteiger partial charge in [0.1, 0.15) is 19.0 Å². The molecule has 0 unspecified atom stereocenters. The van der Waals surface area contributed by atoms with Crippen LogP contribution in [-0.2, 0) is 4.79 Å². The molecule has 3 aliphatic rings. The van der Waals surface area contributed by atoms with Crippen molar-refractivity contribution in [3.63, 3.8) is 0 Å². The van der Waals surface area contributed by atoms with Gasteiger partial charge in [0, 0.05) is 30.3 Å². The number of hydrogen-bond donors (Lipinski definition) is 2. The van der Waals surface area contributed by atoms with Gasteiger partial charge in [-0.2, -0.15) is 0 Å². The van der Waals surface area contributed by atoms with Crippen LogP contribution >= 0.6 is 23.2 Å². The van der Waals surface area contributed by atoms with Crippen molar-refractivity contribution in [2.24, 2.45) is 5.41 Å². The Kier molecular flexibility index (Phi) is 6.10. The van der Waals surface area contributed by atoms with Gasteiger partial charge in [-0.3, -0.25) is 9.59 Å². The lowest BCUT2D eigenvalue weighted by atomic mass is 9.38. The average molecular weight is 465 g/mol. The van der Waals surface area contributed by atoms with Gasteiger partial charge in [-0.1, -0.05) is 23.2 Å². The normalized spacial score (nSPS) is 23.3. The molecule has 0 saturated heterocycles. The van der Waals surface area contributed by atoms with Gasteiger partial charge in [0.05, 0.1) is 22.2 Å². The molecule has 9 heteroatoms. The summed E-state index contributed by atoms with van der Waals surface area (Å²) in [5, 5.41) is 12.6. The standard InChI is InChI=1S/C22H22Cl2N2O5/c23-17-3-2-16(7-18(17)24)31-10-15(28)8-21-11-22(12-21,13-21)26-20(29)14-1-4-19(25-9-14)30-6-5-27/h1-4,7,9,27H,5-6,8,10-13H2,(H,26,29). The van der Waals surface area contributed by atoms with Crippen LogP contribution < -0.4 is 14.8 Å². The van der Waals surface area contributed by atoms with E-state index >= 15 is 0 Å². The van der Waals surface area contributed by atoms with Gasteiger partial charge >= 0.3 is 0 Å². The average Bonchev–Trinajstić information content (AvgIpc) is 2.71. The molecule has 0 spiro atoms. The third kappa shape index (κ3) is 4.79. The number of pyridine rings is 1. The van der Waals surface area contributed by atoms with Crippen molar-refractivity contribution in [2.75, 3.05) is 19.8 Å². The minimum atomic E-state index is -0.228. The number of aliphatic hydroxyl groups is 1. The Bertz CT molecular complexity index is 976.